The van der Waals surface area contributed by atoms with Gasteiger partial charge in [0.25, 0.3) is 11.8 Å². The third-order valence-corrected chi connectivity index (χ3v) is 12.5. The maximum atomic E-state index is 16.4. The molecule has 3 aliphatic rings. The van der Waals surface area contributed by atoms with Gasteiger partial charge in [0.05, 0.1) is 37.4 Å². The van der Waals surface area contributed by atoms with Gasteiger partial charge in [-0.3, -0.25) is 14.4 Å². The van der Waals surface area contributed by atoms with Gasteiger partial charge in [-0.25, -0.2) is 0 Å². The van der Waals surface area contributed by atoms with E-state index in [1.807, 2.05) is 61.5 Å². The Labute approximate surface area is 275 Å². The zero-order chi connectivity index (χ0) is 33.7. The SMILES string of the molecule is C[C@H](O)C(=O)Nc1ccc2c(c1)[C@]1(O[C@@H](CC(=O)N3Cc4ccccc4C[C@H]3CO)[C@H]([Si](C)(C)F)[C@H]1C)C(=O)N2Cc1ccccc1. The summed E-state index contributed by atoms with van der Waals surface area (Å²) < 4.78 is 23.2. The van der Waals surface area contributed by atoms with Crippen LogP contribution in [0.3, 0.4) is 0 Å². The van der Waals surface area contributed by atoms with Crippen molar-refractivity contribution in [2.45, 2.75) is 82.3 Å². The molecular formula is C36H42FN3O6Si. The highest BCUT2D eigenvalue weighted by Crippen LogP contribution is 2.60. The Morgan fingerprint density at radius 2 is 1.77 bits per heavy atom. The Morgan fingerprint density at radius 1 is 1.09 bits per heavy atom. The number of carbonyl (C=O) groups is 3. The molecule has 0 unspecified atom stereocenters. The summed E-state index contributed by atoms with van der Waals surface area (Å²) in [4.78, 5) is 44.5. The fraction of sp³-hybridized carbons (Fsp3) is 0.417. The average Bonchev–Trinajstić information content (AvgIpc) is 3.46. The maximum absolute atomic E-state index is 16.4. The third kappa shape index (κ3) is 5.90. The molecule has 11 heteroatoms. The molecule has 3 amide bonds. The Balaban J connectivity index is 1.39. The van der Waals surface area contributed by atoms with Gasteiger partial charge < -0.3 is 34.2 Å². The number of nitrogens with one attached hydrogen (secondary N) is 1. The number of amides is 3. The predicted octanol–water partition coefficient (Wildman–Crippen LogP) is 4.66. The van der Waals surface area contributed by atoms with Crippen LogP contribution in [-0.2, 0) is 44.2 Å². The minimum Gasteiger partial charge on any atom is -0.394 e. The number of anilines is 2. The first-order chi connectivity index (χ1) is 22.3. The fourth-order valence-electron chi connectivity index (χ4n) is 7.83. The van der Waals surface area contributed by atoms with Gasteiger partial charge in [0.15, 0.2) is 5.60 Å². The number of fused-ring (bicyclic) bond motifs is 3. The van der Waals surface area contributed by atoms with Gasteiger partial charge in [0.2, 0.25) is 14.3 Å². The van der Waals surface area contributed by atoms with Gasteiger partial charge in [0, 0.05) is 29.3 Å². The summed E-state index contributed by atoms with van der Waals surface area (Å²) in [5, 5.41) is 22.7. The summed E-state index contributed by atoms with van der Waals surface area (Å²) in [6, 6.07) is 22.0. The minimum absolute atomic E-state index is 0.143. The first-order valence-corrected chi connectivity index (χ1v) is 19.1. The van der Waals surface area contributed by atoms with Gasteiger partial charge >= 0.3 is 0 Å². The van der Waals surface area contributed by atoms with E-state index in [1.54, 1.807) is 41.1 Å². The molecule has 248 valence electrons. The highest BCUT2D eigenvalue weighted by molar-refractivity contribution is 6.72. The van der Waals surface area contributed by atoms with Crippen molar-refractivity contribution in [3.63, 3.8) is 0 Å². The Morgan fingerprint density at radius 3 is 2.43 bits per heavy atom. The molecule has 3 heterocycles. The molecular weight excluding hydrogens is 617 g/mol. The number of carbonyl (C=O) groups excluding carboxylic acids is 3. The van der Waals surface area contributed by atoms with Crippen molar-refractivity contribution in [3.8, 4) is 0 Å². The summed E-state index contributed by atoms with van der Waals surface area (Å²) in [6.07, 6.45) is -1.78. The summed E-state index contributed by atoms with van der Waals surface area (Å²) in [7, 11) is -3.56. The zero-order valence-corrected chi connectivity index (χ0v) is 28.2. The molecule has 6 rings (SSSR count). The van der Waals surface area contributed by atoms with Crippen LogP contribution in [0.5, 0.6) is 0 Å². The van der Waals surface area contributed by atoms with Crippen molar-refractivity contribution in [1.82, 2.24) is 4.90 Å². The van der Waals surface area contributed by atoms with Crippen LogP contribution in [0.2, 0.25) is 18.6 Å². The van der Waals surface area contributed by atoms with E-state index < -0.39 is 49.6 Å². The third-order valence-electron chi connectivity index (χ3n) is 10.1. The van der Waals surface area contributed by atoms with Gasteiger partial charge in [-0.15, -0.1) is 0 Å². The number of halogens is 1. The quantitative estimate of drug-likeness (QED) is 0.239. The molecule has 1 fully saturated rings. The van der Waals surface area contributed by atoms with E-state index in [1.165, 1.54) is 6.92 Å². The molecule has 47 heavy (non-hydrogen) atoms. The molecule has 1 saturated heterocycles. The normalized spacial score (nSPS) is 25.9. The highest BCUT2D eigenvalue weighted by Gasteiger charge is 2.67. The lowest BCUT2D eigenvalue weighted by molar-refractivity contribution is -0.151. The van der Waals surface area contributed by atoms with E-state index in [9.17, 15) is 24.6 Å². The van der Waals surface area contributed by atoms with Crippen molar-refractivity contribution < 1.29 is 33.4 Å². The molecule has 3 aromatic carbocycles. The number of rotatable bonds is 8. The van der Waals surface area contributed by atoms with Gasteiger partial charge in [-0.05, 0) is 61.3 Å². The average molecular weight is 660 g/mol. The minimum atomic E-state index is -3.56. The van der Waals surface area contributed by atoms with E-state index in [2.05, 4.69) is 5.32 Å². The molecule has 0 aliphatic carbocycles. The molecule has 3 aromatic rings. The summed E-state index contributed by atoms with van der Waals surface area (Å²) in [5.41, 5.74) is 2.11. The molecule has 0 aromatic heterocycles. The highest BCUT2D eigenvalue weighted by atomic mass is 28.4. The Bertz CT molecular complexity index is 1680. The fourth-order valence-corrected chi connectivity index (χ4v) is 10.3. The van der Waals surface area contributed by atoms with Crippen LogP contribution in [0.4, 0.5) is 15.5 Å². The molecule has 3 N–H and O–H groups in total. The van der Waals surface area contributed by atoms with Gasteiger partial charge in [0.1, 0.15) is 6.10 Å². The second-order valence-corrected chi connectivity index (χ2v) is 17.4. The van der Waals surface area contributed by atoms with Gasteiger partial charge in [-0.1, -0.05) is 61.5 Å². The Kier molecular flexibility index (Phi) is 8.86. The van der Waals surface area contributed by atoms with E-state index >= 15 is 4.11 Å². The molecule has 1 spiro atoms. The monoisotopic (exact) mass is 659 g/mol. The lowest BCUT2D eigenvalue weighted by Crippen LogP contribution is -2.48. The van der Waals surface area contributed by atoms with E-state index in [0.29, 0.717) is 29.9 Å². The topological polar surface area (TPSA) is 119 Å². The largest absolute Gasteiger partial charge is 0.394 e. The number of aliphatic hydroxyl groups is 2. The maximum Gasteiger partial charge on any atom is 0.264 e. The van der Waals surface area contributed by atoms with Crippen molar-refractivity contribution in [2.75, 3.05) is 16.8 Å². The second-order valence-electron chi connectivity index (χ2n) is 13.6. The van der Waals surface area contributed by atoms with Crippen LogP contribution in [0, 0.1) is 5.92 Å². The number of benzene rings is 3. The predicted molar refractivity (Wildman–Crippen MR) is 179 cm³/mol. The smallest absolute Gasteiger partial charge is 0.264 e. The molecule has 9 nitrogen and oxygen atoms in total. The van der Waals surface area contributed by atoms with Gasteiger partial charge in [-0.2, -0.15) is 0 Å². The first-order valence-electron chi connectivity index (χ1n) is 16.2. The zero-order valence-electron chi connectivity index (χ0n) is 27.2. The van der Waals surface area contributed by atoms with Crippen LogP contribution in [0.1, 0.15) is 42.5 Å². The van der Waals surface area contributed by atoms with Crippen molar-refractivity contribution >= 4 is 37.5 Å². The number of hydrogen-bond donors (Lipinski definition) is 3. The van der Waals surface area contributed by atoms with Crippen LogP contribution < -0.4 is 10.2 Å². The summed E-state index contributed by atoms with van der Waals surface area (Å²) in [5.74, 6) is -1.86. The summed E-state index contributed by atoms with van der Waals surface area (Å²) in [6.45, 7) is 6.73. The lowest BCUT2D eigenvalue weighted by Gasteiger charge is -2.37. The first kappa shape index (κ1) is 33.0. The lowest BCUT2D eigenvalue weighted by atomic mass is 9.82. The van der Waals surface area contributed by atoms with E-state index in [4.69, 9.17) is 4.74 Å². The van der Waals surface area contributed by atoms with E-state index in [-0.39, 0.29) is 31.4 Å². The van der Waals surface area contributed by atoms with Crippen LogP contribution in [0.15, 0.2) is 72.8 Å². The van der Waals surface area contributed by atoms with Crippen LogP contribution in [-0.4, -0.2) is 66.1 Å². The standard InChI is InChI=1S/C36H42FN3O6Si/c1-22-33(47(3,4)37)31(18-32(43)39-20-26-13-9-8-12-25(26)16-28(39)21-41)46-36(22)29-17-27(38-34(44)23(2)42)14-15-30(29)40(35(36)45)19-24-10-6-5-7-11-24/h5-15,17,22-23,28,31,33,41-42H,16,18-21H2,1-4H3,(H,38,44)/t22-,23+,28+,31+,33-,36+/m1/s1. The van der Waals surface area contributed by atoms with E-state index in [0.717, 1.165) is 16.7 Å². The molecule has 3 aliphatic heterocycles. The number of hydrogen-bond acceptors (Lipinski definition) is 6. The van der Waals surface area contributed by atoms with Crippen molar-refractivity contribution in [3.05, 3.63) is 95.1 Å². The van der Waals surface area contributed by atoms with Crippen LogP contribution >= 0.6 is 0 Å². The number of ether oxygens (including phenoxy) is 1. The second kappa shape index (κ2) is 12.6. The molecule has 0 saturated carbocycles. The number of nitrogens with zero attached hydrogens (tertiary/aromatic N) is 2. The van der Waals surface area contributed by atoms with Crippen LogP contribution in [0.25, 0.3) is 0 Å². The Hall–Kier alpha value is -3.90. The van der Waals surface area contributed by atoms with Crippen molar-refractivity contribution in [2.24, 2.45) is 5.92 Å². The van der Waals surface area contributed by atoms with Crippen molar-refractivity contribution in [1.29, 1.82) is 0 Å². The molecule has 6 atom stereocenters. The molecule has 0 radical (unpaired) electrons. The number of aliphatic hydroxyl groups excluding tert-OH is 2. The summed E-state index contributed by atoms with van der Waals surface area (Å²) >= 11 is 0. The molecule has 0 bridgehead atoms.